The van der Waals surface area contributed by atoms with Crippen LogP contribution in [0.2, 0.25) is 0 Å². The molecule has 0 spiro atoms. The number of halogens is 3. The zero-order valence-corrected chi connectivity index (χ0v) is 18.8. The summed E-state index contributed by atoms with van der Waals surface area (Å²) in [6.45, 7) is 4.36. The van der Waals surface area contributed by atoms with Gasteiger partial charge in [0.2, 0.25) is 0 Å². The first kappa shape index (κ1) is 24.6. The lowest BCUT2D eigenvalue weighted by atomic mass is 10.1. The molecule has 1 aromatic heterocycles. The van der Waals surface area contributed by atoms with Gasteiger partial charge in [-0.25, -0.2) is 4.79 Å². The van der Waals surface area contributed by atoms with Crippen LogP contribution >= 0.6 is 11.3 Å². The van der Waals surface area contributed by atoms with Gasteiger partial charge in [0.1, 0.15) is 18.1 Å². The Morgan fingerprint density at radius 2 is 1.70 bits per heavy atom. The minimum absolute atomic E-state index is 0.262. The van der Waals surface area contributed by atoms with Crippen LogP contribution in [0.5, 0.6) is 11.5 Å². The summed E-state index contributed by atoms with van der Waals surface area (Å²) in [5.41, 5.74) is 2.63. The quantitative estimate of drug-likeness (QED) is 0.373. The Bertz CT molecular complexity index is 1060. The van der Waals surface area contributed by atoms with Crippen molar-refractivity contribution in [2.75, 3.05) is 6.61 Å². The van der Waals surface area contributed by atoms with Crippen molar-refractivity contribution in [3.63, 3.8) is 0 Å². The molecule has 9 heteroatoms. The summed E-state index contributed by atoms with van der Waals surface area (Å²) in [6, 6.07) is 14.9. The highest BCUT2D eigenvalue weighted by Gasteiger charge is 2.31. The third kappa shape index (κ3) is 7.23. The maximum Gasteiger partial charge on any atom is 0.573 e. The lowest BCUT2D eigenvalue weighted by Crippen LogP contribution is -2.26. The number of ether oxygens (including phenoxy) is 3. The number of rotatable bonds is 10. The van der Waals surface area contributed by atoms with Crippen molar-refractivity contribution in [2.24, 2.45) is 0 Å². The molecule has 1 N–H and O–H groups in total. The van der Waals surface area contributed by atoms with Gasteiger partial charge >= 0.3 is 12.3 Å². The van der Waals surface area contributed by atoms with Gasteiger partial charge in [-0.15, -0.1) is 24.5 Å². The van der Waals surface area contributed by atoms with Crippen molar-refractivity contribution in [1.29, 1.82) is 0 Å². The van der Waals surface area contributed by atoms with Crippen molar-refractivity contribution in [1.82, 2.24) is 0 Å². The highest BCUT2D eigenvalue weighted by molar-refractivity contribution is 7.15. The van der Waals surface area contributed by atoms with Crippen LogP contribution in [0.1, 0.15) is 22.9 Å². The Labute approximate surface area is 193 Å². The van der Waals surface area contributed by atoms with E-state index in [9.17, 15) is 23.1 Å². The Hall–Kier alpha value is -3.04. The van der Waals surface area contributed by atoms with E-state index in [0.29, 0.717) is 19.0 Å². The standard InChI is InChI=1S/C24H23F3O5S/c1-3-30-20(23(28)29)13-16-4-8-18(9-5-16)31-14-22-15(2)12-21(33-22)17-6-10-19(11-7-17)32-24(25,26)27/h4-12,20H,3,13-14H2,1-2H3,(H,28,29)/t20-/m0/s1. The van der Waals surface area contributed by atoms with Crippen LogP contribution in [0.25, 0.3) is 10.4 Å². The van der Waals surface area contributed by atoms with Crippen LogP contribution in [0.3, 0.4) is 0 Å². The maximum absolute atomic E-state index is 12.3. The first-order chi connectivity index (χ1) is 15.6. The fraction of sp³-hybridized carbons (Fsp3) is 0.292. The highest BCUT2D eigenvalue weighted by atomic mass is 32.1. The molecule has 1 atom stereocenters. The molecule has 0 radical (unpaired) electrons. The molecular weight excluding hydrogens is 457 g/mol. The van der Waals surface area contributed by atoms with Gasteiger partial charge in [-0.3, -0.25) is 0 Å². The summed E-state index contributed by atoms with van der Waals surface area (Å²) >= 11 is 1.50. The normalized spacial score (nSPS) is 12.4. The van der Waals surface area contributed by atoms with Gasteiger partial charge in [0.25, 0.3) is 0 Å². The molecule has 0 bridgehead atoms. The van der Waals surface area contributed by atoms with Gasteiger partial charge in [0.05, 0.1) is 0 Å². The van der Waals surface area contributed by atoms with Crippen molar-refractivity contribution in [3.8, 4) is 21.9 Å². The monoisotopic (exact) mass is 480 g/mol. The molecule has 0 unspecified atom stereocenters. The number of carboxylic acids is 1. The third-order valence-electron chi connectivity index (χ3n) is 4.75. The lowest BCUT2D eigenvalue weighted by molar-refractivity contribution is -0.274. The molecule has 3 aromatic rings. The Morgan fingerprint density at radius 1 is 1.06 bits per heavy atom. The number of carboxylic acid groups (broad SMARTS) is 1. The van der Waals surface area contributed by atoms with Crippen LogP contribution in [-0.2, 0) is 22.6 Å². The molecule has 0 saturated carbocycles. The fourth-order valence-corrected chi connectivity index (χ4v) is 4.22. The summed E-state index contributed by atoms with van der Waals surface area (Å²) in [7, 11) is 0. The number of hydrogen-bond donors (Lipinski definition) is 1. The van der Waals surface area contributed by atoms with E-state index in [4.69, 9.17) is 9.47 Å². The zero-order valence-electron chi connectivity index (χ0n) is 18.0. The van der Waals surface area contributed by atoms with E-state index >= 15 is 0 Å². The second-order valence-electron chi connectivity index (χ2n) is 7.21. The van der Waals surface area contributed by atoms with Crippen molar-refractivity contribution in [2.45, 2.75) is 39.3 Å². The van der Waals surface area contributed by atoms with Crippen molar-refractivity contribution >= 4 is 17.3 Å². The van der Waals surface area contributed by atoms with Crippen molar-refractivity contribution < 1.29 is 37.3 Å². The molecule has 0 amide bonds. The van der Waals surface area contributed by atoms with E-state index in [2.05, 4.69) is 4.74 Å². The van der Waals surface area contributed by atoms with Gasteiger partial charge in [-0.05, 0) is 73.0 Å². The average molecular weight is 481 g/mol. The second-order valence-corrected chi connectivity index (χ2v) is 8.34. The van der Waals surface area contributed by atoms with E-state index in [0.717, 1.165) is 26.4 Å². The number of alkyl halides is 3. The molecule has 0 fully saturated rings. The Morgan fingerprint density at radius 3 is 2.27 bits per heavy atom. The molecule has 3 rings (SSSR count). The van der Waals surface area contributed by atoms with Crippen LogP contribution in [0, 0.1) is 6.92 Å². The lowest BCUT2D eigenvalue weighted by Gasteiger charge is -2.13. The topological polar surface area (TPSA) is 65.0 Å². The number of aryl methyl sites for hydroxylation is 1. The minimum Gasteiger partial charge on any atom is -0.488 e. The predicted molar refractivity (Wildman–Crippen MR) is 119 cm³/mol. The Kier molecular flexibility index (Phi) is 7.99. The maximum atomic E-state index is 12.3. The zero-order chi connectivity index (χ0) is 24.0. The highest BCUT2D eigenvalue weighted by Crippen LogP contribution is 2.33. The summed E-state index contributed by atoms with van der Waals surface area (Å²) < 4.78 is 52.0. The van der Waals surface area contributed by atoms with Gasteiger partial charge in [0, 0.05) is 22.8 Å². The molecule has 2 aromatic carbocycles. The molecule has 176 valence electrons. The van der Waals surface area contributed by atoms with Gasteiger partial charge < -0.3 is 19.3 Å². The molecular formula is C24H23F3O5S. The average Bonchev–Trinajstić information content (AvgIpc) is 3.12. The summed E-state index contributed by atoms with van der Waals surface area (Å²) in [5.74, 6) is -0.615. The van der Waals surface area contributed by atoms with Crippen LogP contribution in [0.4, 0.5) is 13.2 Å². The van der Waals surface area contributed by atoms with Crippen LogP contribution in [-0.4, -0.2) is 30.1 Å². The fourth-order valence-electron chi connectivity index (χ4n) is 3.13. The van der Waals surface area contributed by atoms with Gasteiger partial charge in [0.15, 0.2) is 6.10 Å². The van der Waals surface area contributed by atoms with E-state index < -0.39 is 18.4 Å². The predicted octanol–water partition coefficient (Wildman–Crippen LogP) is 6.23. The molecule has 0 aliphatic rings. The number of hydrogen-bond acceptors (Lipinski definition) is 5. The minimum atomic E-state index is -4.72. The van der Waals surface area contributed by atoms with E-state index in [1.807, 2.05) is 25.1 Å². The summed E-state index contributed by atoms with van der Waals surface area (Å²) in [5, 5.41) is 9.20. The molecule has 0 saturated heterocycles. The number of carbonyl (C=O) groups is 1. The second kappa shape index (κ2) is 10.7. The molecule has 33 heavy (non-hydrogen) atoms. The van der Waals surface area contributed by atoms with Crippen LogP contribution in [0.15, 0.2) is 54.6 Å². The van der Waals surface area contributed by atoms with E-state index in [1.54, 1.807) is 31.2 Å². The van der Waals surface area contributed by atoms with Crippen molar-refractivity contribution in [3.05, 3.63) is 70.6 Å². The first-order valence-electron chi connectivity index (χ1n) is 10.2. The SMILES string of the molecule is CCO[C@@H](Cc1ccc(OCc2sc(-c3ccc(OC(F)(F)F)cc3)cc2C)cc1)C(=O)O. The summed E-state index contributed by atoms with van der Waals surface area (Å²) in [4.78, 5) is 13.1. The number of benzene rings is 2. The van der Waals surface area contributed by atoms with Gasteiger partial charge in [-0.1, -0.05) is 12.1 Å². The third-order valence-corrected chi connectivity index (χ3v) is 6.01. The van der Waals surface area contributed by atoms with E-state index in [1.165, 1.54) is 23.5 Å². The Balaban J connectivity index is 1.61. The number of thiophene rings is 1. The van der Waals surface area contributed by atoms with Crippen LogP contribution < -0.4 is 9.47 Å². The first-order valence-corrected chi connectivity index (χ1v) is 11.0. The molecule has 1 heterocycles. The van der Waals surface area contributed by atoms with E-state index in [-0.39, 0.29) is 12.2 Å². The van der Waals surface area contributed by atoms with Gasteiger partial charge in [-0.2, -0.15) is 0 Å². The molecule has 0 aliphatic heterocycles. The summed E-state index contributed by atoms with van der Waals surface area (Å²) in [6.07, 6.45) is -5.34. The largest absolute Gasteiger partial charge is 0.573 e. The molecule has 0 aliphatic carbocycles. The number of aliphatic carboxylic acids is 1. The smallest absolute Gasteiger partial charge is 0.488 e. The molecule has 5 nitrogen and oxygen atoms in total.